The molecule has 0 aromatic heterocycles. The van der Waals surface area contributed by atoms with Gasteiger partial charge in [-0.05, 0) is 24.1 Å². The van der Waals surface area contributed by atoms with Crippen molar-refractivity contribution in [2.45, 2.75) is 32.9 Å². The number of aliphatic hydroxyl groups excluding tert-OH is 1. The second-order valence-corrected chi connectivity index (χ2v) is 6.45. The van der Waals surface area contributed by atoms with Crippen LogP contribution in [0.1, 0.15) is 25.8 Å². The normalized spacial score (nSPS) is 19.4. The molecule has 1 aromatic rings. The van der Waals surface area contributed by atoms with E-state index >= 15 is 0 Å². The number of hydrogen-bond acceptors (Lipinski definition) is 3. The van der Waals surface area contributed by atoms with Crippen molar-refractivity contribution < 1.29 is 5.11 Å². The Labute approximate surface area is 124 Å². The number of anilines is 1. The first-order valence-corrected chi connectivity index (χ1v) is 7.77. The monoisotopic (exact) mass is 326 g/mol. The summed E-state index contributed by atoms with van der Waals surface area (Å²) < 4.78 is 1.16. The topological polar surface area (TPSA) is 35.5 Å². The van der Waals surface area contributed by atoms with Gasteiger partial charge >= 0.3 is 0 Å². The number of rotatable bonds is 5. The van der Waals surface area contributed by atoms with E-state index in [0.717, 1.165) is 30.5 Å². The molecule has 0 amide bonds. The number of hydrogen-bond donors (Lipinski definition) is 2. The average molecular weight is 327 g/mol. The largest absolute Gasteiger partial charge is 0.396 e. The number of nitrogens with one attached hydrogen (secondary N) is 1. The molecule has 1 unspecified atom stereocenters. The van der Waals surface area contributed by atoms with Crippen molar-refractivity contribution in [2.75, 3.05) is 24.6 Å². The van der Waals surface area contributed by atoms with Crippen LogP contribution in [0.3, 0.4) is 0 Å². The Morgan fingerprint density at radius 1 is 1.47 bits per heavy atom. The minimum absolute atomic E-state index is 0.300. The van der Waals surface area contributed by atoms with E-state index in [1.165, 1.54) is 11.3 Å². The lowest BCUT2D eigenvalue weighted by molar-refractivity contribution is 0.238. The fourth-order valence-electron chi connectivity index (χ4n) is 2.41. The highest BCUT2D eigenvalue weighted by Gasteiger charge is 2.22. The summed E-state index contributed by atoms with van der Waals surface area (Å²) in [5, 5.41) is 12.6. The Hall–Kier alpha value is -0.580. The molecule has 0 saturated carbocycles. The molecule has 2 N–H and O–H groups in total. The van der Waals surface area contributed by atoms with E-state index < -0.39 is 0 Å². The maximum atomic E-state index is 9.21. The number of nitrogens with zero attached hydrogens (tertiary/aromatic N) is 1. The first kappa shape index (κ1) is 14.8. The second kappa shape index (κ2) is 6.73. The first-order chi connectivity index (χ1) is 9.10. The summed E-state index contributed by atoms with van der Waals surface area (Å²) in [6.45, 7) is 7.50. The van der Waals surface area contributed by atoms with Gasteiger partial charge in [0.05, 0.1) is 0 Å². The molecule has 19 heavy (non-hydrogen) atoms. The fraction of sp³-hybridized carbons (Fsp3) is 0.600. The summed E-state index contributed by atoms with van der Waals surface area (Å²) in [5.41, 5.74) is 2.53. The predicted molar refractivity (Wildman–Crippen MR) is 83.5 cm³/mol. The zero-order valence-corrected chi connectivity index (χ0v) is 13.3. The Kier molecular flexibility index (Phi) is 5.25. The van der Waals surface area contributed by atoms with Crippen molar-refractivity contribution >= 4 is 21.6 Å². The summed E-state index contributed by atoms with van der Waals surface area (Å²) in [4.78, 5) is 2.35. The van der Waals surface area contributed by atoms with E-state index in [4.69, 9.17) is 0 Å². The van der Waals surface area contributed by atoms with Gasteiger partial charge in [0.2, 0.25) is 0 Å². The molecular formula is C15H23BrN2O. The number of halogens is 1. The van der Waals surface area contributed by atoms with Crippen molar-refractivity contribution in [2.24, 2.45) is 5.92 Å². The van der Waals surface area contributed by atoms with Gasteiger partial charge in [0, 0.05) is 48.4 Å². The second-order valence-electron chi connectivity index (χ2n) is 5.59. The highest BCUT2D eigenvalue weighted by atomic mass is 79.9. The zero-order valence-electron chi connectivity index (χ0n) is 11.7. The Balaban J connectivity index is 2.02. The molecule has 1 saturated heterocycles. The summed E-state index contributed by atoms with van der Waals surface area (Å²) in [5.74, 6) is 0.432. The lowest BCUT2D eigenvalue weighted by atomic mass is 10.1. The molecule has 0 radical (unpaired) electrons. The average Bonchev–Trinajstić information content (AvgIpc) is 2.85. The van der Waals surface area contributed by atoms with Gasteiger partial charge in [-0.25, -0.2) is 0 Å². The molecule has 1 aromatic carbocycles. The van der Waals surface area contributed by atoms with Crippen molar-refractivity contribution in [3.8, 4) is 0 Å². The highest BCUT2D eigenvalue weighted by Crippen LogP contribution is 2.28. The minimum Gasteiger partial charge on any atom is -0.396 e. The molecule has 106 valence electrons. The smallest absolute Gasteiger partial charge is 0.0476 e. The van der Waals surface area contributed by atoms with Crippen molar-refractivity contribution in [3.05, 3.63) is 28.2 Å². The third-order valence-electron chi connectivity index (χ3n) is 3.65. The molecule has 1 aliphatic rings. The molecule has 4 heteroatoms. The molecular weight excluding hydrogens is 304 g/mol. The Morgan fingerprint density at radius 3 is 2.84 bits per heavy atom. The Bertz CT molecular complexity index is 423. The lowest BCUT2D eigenvalue weighted by Crippen LogP contribution is -2.23. The molecule has 3 nitrogen and oxygen atoms in total. The van der Waals surface area contributed by atoms with Crippen LogP contribution in [0.25, 0.3) is 0 Å². The zero-order chi connectivity index (χ0) is 13.8. The highest BCUT2D eigenvalue weighted by molar-refractivity contribution is 9.10. The molecule has 2 rings (SSSR count). The van der Waals surface area contributed by atoms with Crippen LogP contribution in [-0.2, 0) is 6.54 Å². The van der Waals surface area contributed by atoms with Gasteiger partial charge in [-0.2, -0.15) is 0 Å². The molecule has 0 aliphatic carbocycles. The van der Waals surface area contributed by atoms with E-state index in [1.54, 1.807) is 0 Å². The molecule has 0 bridgehead atoms. The third-order valence-corrected chi connectivity index (χ3v) is 4.38. The van der Waals surface area contributed by atoms with Crippen LogP contribution >= 0.6 is 15.9 Å². The third kappa shape index (κ3) is 3.94. The van der Waals surface area contributed by atoms with Gasteiger partial charge < -0.3 is 15.3 Å². The SMILES string of the molecule is CC(C)NCc1ccc(N2CCC(CO)C2)cc1Br. The van der Waals surface area contributed by atoms with E-state index in [2.05, 4.69) is 58.2 Å². The maximum Gasteiger partial charge on any atom is 0.0476 e. The molecule has 1 atom stereocenters. The van der Waals surface area contributed by atoms with Gasteiger partial charge in [-0.15, -0.1) is 0 Å². The van der Waals surface area contributed by atoms with Gasteiger partial charge in [0.15, 0.2) is 0 Å². The minimum atomic E-state index is 0.300. The quantitative estimate of drug-likeness (QED) is 0.873. The molecule has 0 spiro atoms. The van der Waals surface area contributed by atoms with Crippen LogP contribution in [0.15, 0.2) is 22.7 Å². The van der Waals surface area contributed by atoms with Crippen LogP contribution in [0.4, 0.5) is 5.69 Å². The van der Waals surface area contributed by atoms with E-state index in [-0.39, 0.29) is 0 Å². The predicted octanol–water partition coefficient (Wildman–Crippen LogP) is 2.77. The standard InChI is InChI=1S/C15H23BrN2O/c1-11(2)17-8-13-3-4-14(7-15(13)16)18-6-5-12(9-18)10-19/h3-4,7,11-12,17,19H,5-6,8-10H2,1-2H3. The molecule has 1 aliphatic heterocycles. The van der Waals surface area contributed by atoms with Gasteiger partial charge in [-0.1, -0.05) is 35.8 Å². The number of benzene rings is 1. The van der Waals surface area contributed by atoms with Gasteiger partial charge in [0.25, 0.3) is 0 Å². The van der Waals surface area contributed by atoms with Crippen molar-refractivity contribution in [1.82, 2.24) is 5.32 Å². The summed E-state index contributed by atoms with van der Waals surface area (Å²) in [6.07, 6.45) is 1.09. The lowest BCUT2D eigenvalue weighted by Gasteiger charge is -2.20. The molecule has 1 heterocycles. The molecule has 1 fully saturated rings. The van der Waals surface area contributed by atoms with E-state index in [9.17, 15) is 5.11 Å². The summed E-state index contributed by atoms with van der Waals surface area (Å²) in [6, 6.07) is 7.05. The Morgan fingerprint density at radius 2 is 2.26 bits per heavy atom. The number of aliphatic hydroxyl groups is 1. The van der Waals surface area contributed by atoms with Crippen LogP contribution in [0.5, 0.6) is 0 Å². The van der Waals surface area contributed by atoms with E-state index in [1.807, 2.05) is 0 Å². The maximum absolute atomic E-state index is 9.21. The first-order valence-electron chi connectivity index (χ1n) is 6.97. The van der Waals surface area contributed by atoms with Gasteiger partial charge in [-0.3, -0.25) is 0 Å². The van der Waals surface area contributed by atoms with Crippen molar-refractivity contribution in [3.63, 3.8) is 0 Å². The van der Waals surface area contributed by atoms with Crippen LogP contribution in [0, 0.1) is 5.92 Å². The van der Waals surface area contributed by atoms with E-state index in [0.29, 0.717) is 18.6 Å². The van der Waals surface area contributed by atoms with Crippen LogP contribution < -0.4 is 10.2 Å². The van der Waals surface area contributed by atoms with Crippen molar-refractivity contribution in [1.29, 1.82) is 0 Å². The fourth-order valence-corrected chi connectivity index (χ4v) is 2.91. The van der Waals surface area contributed by atoms with Crippen LogP contribution in [-0.4, -0.2) is 30.8 Å². The van der Waals surface area contributed by atoms with Gasteiger partial charge in [0.1, 0.15) is 0 Å². The van der Waals surface area contributed by atoms with Crippen LogP contribution in [0.2, 0.25) is 0 Å². The summed E-state index contributed by atoms with van der Waals surface area (Å²) in [7, 11) is 0. The summed E-state index contributed by atoms with van der Waals surface area (Å²) >= 11 is 3.66.